The molecule has 2 nitrogen and oxygen atoms in total. The molecule has 0 amide bonds. The molecule has 0 atom stereocenters. The Morgan fingerprint density at radius 2 is 1.92 bits per heavy atom. The fourth-order valence-electron chi connectivity index (χ4n) is 3.01. The first-order valence-corrected chi connectivity index (χ1v) is 9.37. The number of rotatable bonds is 6. The zero-order valence-electron chi connectivity index (χ0n) is 13.3. The van der Waals surface area contributed by atoms with E-state index in [1.165, 1.54) is 37.8 Å². The molecule has 24 heavy (non-hydrogen) atoms. The van der Waals surface area contributed by atoms with E-state index in [2.05, 4.69) is 27.3 Å². The highest BCUT2D eigenvalue weighted by Crippen LogP contribution is 2.27. The number of nitrogens with one attached hydrogen (secondary N) is 1. The summed E-state index contributed by atoms with van der Waals surface area (Å²) in [5.74, 6) is 0.484. The molecule has 0 unspecified atom stereocenters. The van der Waals surface area contributed by atoms with Gasteiger partial charge < -0.3 is 10.1 Å². The van der Waals surface area contributed by atoms with Gasteiger partial charge in [-0.2, -0.15) is 0 Å². The molecule has 128 valence electrons. The molecule has 2 aromatic rings. The molecule has 3 rings (SSSR count). The molecule has 1 N–H and O–H groups in total. The highest BCUT2D eigenvalue weighted by Gasteiger charge is 2.15. The predicted octanol–water partition coefficient (Wildman–Crippen LogP) is 5.85. The first-order chi connectivity index (χ1) is 11.6. The van der Waals surface area contributed by atoms with Crippen LogP contribution in [0, 0.1) is 5.82 Å². The first kappa shape index (κ1) is 17.7. The molecule has 2 aromatic carbocycles. The third-order valence-corrected chi connectivity index (χ3v) is 5.20. The number of halogens is 3. The largest absolute Gasteiger partial charge is 0.489 e. The average Bonchev–Trinajstić information content (AvgIpc) is 3.07. The minimum absolute atomic E-state index is 0.317. The van der Waals surface area contributed by atoms with E-state index >= 15 is 0 Å². The summed E-state index contributed by atoms with van der Waals surface area (Å²) in [5, 5.41) is 3.99. The Hall–Kier alpha value is -1.10. The van der Waals surface area contributed by atoms with Gasteiger partial charge in [-0.25, -0.2) is 4.39 Å². The summed E-state index contributed by atoms with van der Waals surface area (Å²) in [6.07, 6.45) is 5.11. The Bertz CT molecular complexity index is 704. The maximum absolute atomic E-state index is 13.1. The van der Waals surface area contributed by atoms with Crippen LogP contribution in [-0.4, -0.2) is 6.04 Å². The van der Waals surface area contributed by atoms with Gasteiger partial charge in [0.15, 0.2) is 0 Å². The van der Waals surface area contributed by atoms with Crippen molar-refractivity contribution in [3.05, 3.63) is 62.8 Å². The monoisotopic (exact) mass is 411 g/mol. The van der Waals surface area contributed by atoms with Gasteiger partial charge in [-0.05, 0) is 43.2 Å². The van der Waals surface area contributed by atoms with E-state index in [9.17, 15) is 4.39 Å². The predicted molar refractivity (Wildman–Crippen MR) is 99.0 cm³/mol. The van der Waals surface area contributed by atoms with Crippen LogP contribution >= 0.6 is 27.5 Å². The second-order valence-corrected chi connectivity index (χ2v) is 7.46. The molecule has 1 aliphatic rings. The minimum atomic E-state index is -0.339. The van der Waals surface area contributed by atoms with E-state index in [1.807, 2.05) is 12.1 Å². The molecule has 0 bridgehead atoms. The minimum Gasteiger partial charge on any atom is -0.489 e. The molecule has 0 aliphatic heterocycles. The number of ether oxygens (including phenoxy) is 1. The summed E-state index contributed by atoms with van der Waals surface area (Å²) >= 11 is 9.59. The molecular formula is C19H20BrClFNO. The van der Waals surface area contributed by atoms with Crippen LogP contribution in [-0.2, 0) is 13.2 Å². The summed E-state index contributed by atoms with van der Waals surface area (Å²) in [7, 11) is 0. The highest BCUT2D eigenvalue weighted by atomic mass is 79.9. The molecule has 0 spiro atoms. The van der Waals surface area contributed by atoms with Crippen molar-refractivity contribution < 1.29 is 9.13 Å². The van der Waals surface area contributed by atoms with Crippen molar-refractivity contribution in [2.75, 3.05) is 0 Å². The maximum atomic E-state index is 13.1. The van der Waals surface area contributed by atoms with Crippen LogP contribution in [0.25, 0.3) is 0 Å². The Morgan fingerprint density at radius 1 is 1.12 bits per heavy atom. The van der Waals surface area contributed by atoms with Gasteiger partial charge >= 0.3 is 0 Å². The molecular weight excluding hydrogens is 393 g/mol. The zero-order valence-corrected chi connectivity index (χ0v) is 15.7. The lowest BCUT2D eigenvalue weighted by molar-refractivity contribution is 0.301. The maximum Gasteiger partial charge on any atom is 0.124 e. The molecule has 0 saturated heterocycles. The third-order valence-electron chi connectivity index (χ3n) is 4.36. The number of hydrogen-bond acceptors (Lipinski definition) is 2. The van der Waals surface area contributed by atoms with E-state index in [-0.39, 0.29) is 5.82 Å². The summed E-state index contributed by atoms with van der Waals surface area (Å²) in [4.78, 5) is 0. The Kier molecular flexibility index (Phi) is 6.14. The summed E-state index contributed by atoms with van der Waals surface area (Å²) in [6, 6.07) is 11.0. The molecule has 0 radical (unpaired) electrons. The van der Waals surface area contributed by atoms with Crippen LogP contribution in [0.15, 0.2) is 40.9 Å². The van der Waals surface area contributed by atoms with Gasteiger partial charge in [0, 0.05) is 28.2 Å². The lowest BCUT2D eigenvalue weighted by atomic mass is 10.1. The van der Waals surface area contributed by atoms with Crippen molar-refractivity contribution in [2.24, 2.45) is 0 Å². The average molecular weight is 413 g/mol. The van der Waals surface area contributed by atoms with Crippen LogP contribution in [0.3, 0.4) is 0 Å². The lowest BCUT2D eigenvalue weighted by Crippen LogP contribution is -2.25. The van der Waals surface area contributed by atoms with Gasteiger partial charge in [0.05, 0.1) is 5.02 Å². The second kappa shape index (κ2) is 8.32. The topological polar surface area (TPSA) is 21.3 Å². The van der Waals surface area contributed by atoms with Crippen molar-refractivity contribution in [1.82, 2.24) is 5.32 Å². The van der Waals surface area contributed by atoms with Crippen LogP contribution in [0.4, 0.5) is 4.39 Å². The number of hydrogen-bond donors (Lipinski definition) is 1. The standard InChI is InChI=1S/C19H20BrClFNO/c20-15-6-8-19(14(9-15)11-23-17-3-1-2-4-17)24-12-13-5-7-16(22)10-18(13)21/h5-10,17,23H,1-4,11-12H2. The fourth-order valence-corrected chi connectivity index (χ4v) is 3.64. The zero-order chi connectivity index (χ0) is 16.9. The number of benzene rings is 2. The van der Waals surface area contributed by atoms with Gasteiger partial charge in [0.2, 0.25) is 0 Å². The van der Waals surface area contributed by atoms with E-state index in [0.717, 1.165) is 27.9 Å². The summed E-state index contributed by atoms with van der Waals surface area (Å²) < 4.78 is 20.1. The van der Waals surface area contributed by atoms with Crippen LogP contribution in [0.1, 0.15) is 36.8 Å². The van der Waals surface area contributed by atoms with Crippen molar-refractivity contribution >= 4 is 27.5 Å². The Morgan fingerprint density at radius 3 is 2.67 bits per heavy atom. The van der Waals surface area contributed by atoms with E-state index in [4.69, 9.17) is 16.3 Å². The van der Waals surface area contributed by atoms with Gasteiger partial charge in [-0.1, -0.05) is 46.4 Å². The van der Waals surface area contributed by atoms with Crippen molar-refractivity contribution in [1.29, 1.82) is 0 Å². The smallest absolute Gasteiger partial charge is 0.124 e. The highest BCUT2D eigenvalue weighted by molar-refractivity contribution is 9.10. The van der Waals surface area contributed by atoms with Crippen LogP contribution < -0.4 is 10.1 Å². The Labute approximate surface area is 155 Å². The molecule has 0 aromatic heterocycles. The van der Waals surface area contributed by atoms with Crippen molar-refractivity contribution in [2.45, 2.75) is 44.9 Å². The van der Waals surface area contributed by atoms with Gasteiger partial charge in [-0.3, -0.25) is 0 Å². The van der Waals surface area contributed by atoms with Gasteiger partial charge in [0.1, 0.15) is 18.2 Å². The molecule has 1 saturated carbocycles. The second-order valence-electron chi connectivity index (χ2n) is 6.14. The van der Waals surface area contributed by atoms with Crippen molar-refractivity contribution in [3.8, 4) is 5.75 Å². The molecule has 5 heteroatoms. The quantitative estimate of drug-likeness (QED) is 0.642. The fraction of sp³-hybridized carbons (Fsp3) is 0.368. The first-order valence-electron chi connectivity index (χ1n) is 8.20. The Balaban J connectivity index is 1.67. The SMILES string of the molecule is Fc1ccc(COc2ccc(Br)cc2CNC2CCCC2)c(Cl)c1. The van der Waals surface area contributed by atoms with Gasteiger partial charge in [0.25, 0.3) is 0 Å². The van der Waals surface area contributed by atoms with E-state index in [1.54, 1.807) is 6.07 Å². The van der Waals surface area contributed by atoms with Crippen LogP contribution in [0.5, 0.6) is 5.75 Å². The van der Waals surface area contributed by atoms with Gasteiger partial charge in [-0.15, -0.1) is 0 Å². The van der Waals surface area contributed by atoms with E-state index in [0.29, 0.717) is 17.7 Å². The molecule has 0 heterocycles. The molecule has 1 aliphatic carbocycles. The molecule has 1 fully saturated rings. The summed E-state index contributed by atoms with van der Waals surface area (Å²) in [6.45, 7) is 1.09. The van der Waals surface area contributed by atoms with Crippen LogP contribution in [0.2, 0.25) is 5.02 Å². The van der Waals surface area contributed by atoms with Crippen molar-refractivity contribution in [3.63, 3.8) is 0 Å². The third kappa shape index (κ3) is 4.71. The summed E-state index contributed by atoms with van der Waals surface area (Å²) in [5.41, 5.74) is 1.88. The lowest BCUT2D eigenvalue weighted by Gasteiger charge is -2.16. The normalized spacial score (nSPS) is 15.0. The van der Waals surface area contributed by atoms with E-state index < -0.39 is 0 Å².